The molecule has 176 valence electrons. The van der Waals surface area contributed by atoms with Crippen LogP contribution >= 0.6 is 0 Å². The molecule has 9 heteroatoms. The van der Waals surface area contributed by atoms with E-state index in [0.29, 0.717) is 30.6 Å². The van der Waals surface area contributed by atoms with E-state index in [9.17, 15) is 18.8 Å². The quantitative estimate of drug-likeness (QED) is 0.642. The zero-order chi connectivity index (χ0) is 23.9. The highest BCUT2D eigenvalue weighted by Gasteiger charge is 2.35. The first-order valence-electron chi connectivity index (χ1n) is 11.3. The second kappa shape index (κ2) is 8.61. The fourth-order valence-electron chi connectivity index (χ4n) is 5.11. The maximum absolute atomic E-state index is 14.8. The van der Waals surface area contributed by atoms with Crippen molar-refractivity contribution in [2.45, 2.75) is 65.5 Å². The van der Waals surface area contributed by atoms with Crippen LogP contribution in [0.2, 0.25) is 0 Å². The molecule has 0 bridgehead atoms. The molecule has 0 saturated heterocycles. The highest BCUT2D eigenvalue weighted by molar-refractivity contribution is 5.96. The first-order chi connectivity index (χ1) is 15.5. The molecule has 0 spiro atoms. The van der Waals surface area contributed by atoms with Crippen LogP contribution in [0.5, 0.6) is 0 Å². The molecule has 33 heavy (non-hydrogen) atoms. The van der Waals surface area contributed by atoms with Crippen LogP contribution in [-0.4, -0.2) is 33.3 Å². The van der Waals surface area contributed by atoms with Gasteiger partial charge in [0.1, 0.15) is 5.82 Å². The largest absolute Gasteiger partial charge is 0.366 e. The van der Waals surface area contributed by atoms with Crippen molar-refractivity contribution in [3.05, 3.63) is 35.4 Å². The molecule has 4 rings (SSSR count). The minimum Gasteiger partial charge on any atom is -0.366 e. The Bertz CT molecular complexity index is 1120. The summed E-state index contributed by atoms with van der Waals surface area (Å²) in [5, 5.41) is 5.69. The van der Waals surface area contributed by atoms with E-state index in [1.165, 1.54) is 13.0 Å². The molecular formula is C24H30FN5O3. The number of rotatable bonds is 5. The minimum atomic E-state index is -0.545. The number of aromatic nitrogens is 2. The average molecular weight is 456 g/mol. The van der Waals surface area contributed by atoms with Gasteiger partial charge in [0.15, 0.2) is 5.82 Å². The van der Waals surface area contributed by atoms with Crippen molar-refractivity contribution in [3.8, 4) is 11.3 Å². The van der Waals surface area contributed by atoms with Crippen molar-refractivity contribution < 1.29 is 18.8 Å². The van der Waals surface area contributed by atoms with Gasteiger partial charge >= 0.3 is 0 Å². The third kappa shape index (κ3) is 4.77. The number of anilines is 1. The third-order valence-corrected chi connectivity index (χ3v) is 6.54. The smallest absolute Gasteiger partial charge is 0.250 e. The molecule has 3 amide bonds. The lowest BCUT2D eigenvalue weighted by Crippen LogP contribution is -2.40. The van der Waals surface area contributed by atoms with Crippen LogP contribution in [0, 0.1) is 17.2 Å². The Hall–Kier alpha value is -3.23. The number of nitrogens with two attached hydrogens (primary N) is 1. The summed E-state index contributed by atoms with van der Waals surface area (Å²) in [5.74, 6) is -1.41. The van der Waals surface area contributed by atoms with Gasteiger partial charge in [0.2, 0.25) is 11.8 Å². The molecule has 8 nitrogen and oxygen atoms in total. The van der Waals surface area contributed by atoms with Gasteiger partial charge < -0.3 is 20.9 Å². The Kier molecular flexibility index (Phi) is 5.99. The van der Waals surface area contributed by atoms with E-state index in [4.69, 9.17) is 5.73 Å². The zero-order valence-corrected chi connectivity index (χ0v) is 19.2. The summed E-state index contributed by atoms with van der Waals surface area (Å²) in [6, 6.07) is 3.10. The molecule has 0 radical (unpaired) electrons. The molecule has 1 fully saturated rings. The molecule has 1 saturated carbocycles. The van der Waals surface area contributed by atoms with Crippen molar-refractivity contribution in [2.75, 3.05) is 5.32 Å². The number of halogens is 1. The van der Waals surface area contributed by atoms with Crippen LogP contribution in [0.3, 0.4) is 0 Å². The summed E-state index contributed by atoms with van der Waals surface area (Å²) in [6.07, 6.45) is 4.71. The normalized spacial score (nSPS) is 21.3. The molecule has 2 aliphatic rings. The maximum atomic E-state index is 14.8. The number of carbonyl (C=O) groups excluding carboxylic acids is 3. The summed E-state index contributed by atoms with van der Waals surface area (Å²) in [4.78, 5) is 40.3. The first kappa shape index (κ1) is 22.9. The van der Waals surface area contributed by atoms with Gasteiger partial charge in [0.05, 0.1) is 17.5 Å². The third-order valence-electron chi connectivity index (χ3n) is 6.54. The number of primary amides is 1. The lowest BCUT2D eigenvalue weighted by molar-refractivity contribution is -0.123. The number of fused-ring (bicyclic) bond motifs is 1. The van der Waals surface area contributed by atoms with Crippen molar-refractivity contribution >= 4 is 23.5 Å². The van der Waals surface area contributed by atoms with E-state index >= 15 is 0 Å². The Morgan fingerprint density at radius 1 is 1.24 bits per heavy atom. The highest BCUT2D eigenvalue weighted by Crippen LogP contribution is 2.40. The van der Waals surface area contributed by atoms with Crippen molar-refractivity contribution in [1.82, 2.24) is 14.9 Å². The number of hydrogen-bond donors (Lipinski definition) is 3. The van der Waals surface area contributed by atoms with Gasteiger partial charge in [-0.25, -0.2) is 9.37 Å². The molecule has 1 aliphatic heterocycles. The lowest BCUT2D eigenvalue weighted by Gasteiger charge is -2.28. The van der Waals surface area contributed by atoms with Crippen LogP contribution in [0.4, 0.5) is 10.2 Å². The molecular weight excluding hydrogens is 425 g/mol. The van der Waals surface area contributed by atoms with Crippen LogP contribution < -0.4 is 16.4 Å². The van der Waals surface area contributed by atoms with Crippen molar-refractivity contribution in [2.24, 2.45) is 17.1 Å². The van der Waals surface area contributed by atoms with E-state index in [0.717, 1.165) is 31.2 Å². The number of hydrogen-bond acceptors (Lipinski definition) is 4. The van der Waals surface area contributed by atoms with E-state index < -0.39 is 11.7 Å². The summed E-state index contributed by atoms with van der Waals surface area (Å²) < 4.78 is 16.8. The fourth-order valence-corrected chi connectivity index (χ4v) is 5.11. The fraction of sp³-hybridized carbons (Fsp3) is 0.500. The highest BCUT2D eigenvalue weighted by atomic mass is 19.1. The Morgan fingerprint density at radius 3 is 2.70 bits per heavy atom. The number of amides is 3. The summed E-state index contributed by atoms with van der Waals surface area (Å²) >= 11 is 0. The van der Waals surface area contributed by atoms with Gasteiger partial charge in [0, 0.05) is 36.7 Å². The SMILES string of the molecule is CC(=O)N[C@@H]1CCC[C@H](C(=O)Nc2cc(-c3cc(C(N)=O)c4n3CC(C)(C)C4)c(F)cn2)C1. The van der Waals surface area contributed by atoms with Crippen molar-refractivity contribution in [3.63, 3.8) is 0 Å². The van der Waals surface area contributed by atoms with Crippen molar-refractivity contribution in [1.29, 1.82) is 0 Å². The molecule has 0 unspecified atom stereocenters. The maximum Gasteiger partial charge on any atom is 0.250 e. The molecule has 2 atom stereocenters. The predicted molar refractivity (Wildman–Crippen MR) is 122 cm³/mol. The number of nitrogens with one attached hydrogen (secondary N) is 2. The van der Waals surface area contributed by atoms with E-state index in [1.807, 2.05) is 4.57 Å². The Labute approximate surface area is 192 Å². The van der Waals surface area contributed by atoms with Gasteiger partial charge in [-0.05, 0) is 43.2 Å². The van der Waals surface area contributed by atoms with E-state index in [-0.39, 0.29) is 40.6 Å². The standard InChI is InChI=1S/C24H30FN5O3/c1-13(31)28-15-6-4-5-14(7-15)23(33)29-21-9-16(18(25)11-27-21)19-8-17(22(26)32)20-10-24(2,3)12-30(19)20/h8-9,11,14-15H,4-7,10,12H2,1-3H3,(H2,26,32)(H,28,31)(H,27,29,33)/t14-,15+/m0/s1. The summed E-state index contributed by atoms with van der Waals surface area (Å²) in [5.41, 5.74) is 7.50. The van der Waals surface area contributed by atoms with Gasteiger partial charge in [-0.2, -0.15) is 0 Å². The Balaban J connectivity index is 1.59. The molecule has 0 aromatic carbocycles. The van der Waals surface area contributed by atoms with Crippen LogP contribution in [0.1, 0.15) is 62.5 Å². The zero-order valence-electron chi connectivity index (χ0n) is 19.2. The number of carbonyl (C=O) groups is 3. The van der Waals surface area contributed by atoms with Gasteiger partial charge in [-0.3, -0.25) is 14.4 Å². The monoisotopic (exact) mass is 455 g/mol. The minimum absolute atomic E-state index is 0.0254. The molecule has 2 aromatic rings. The lowest BCUT2D eigenvalue weighted by atomic mass is 9.85. The van der Waals surface area contributed by atoms with Crippen LogP contribution in [-0.2, 0) is 22.6 Å². The van der Waals surface area contributed by atoms with Gasteiger partial charge in [-0.1, -0.05) is 20.3 Å². The number of nitrogens with zero attached hydrogens (tertiary/aromatic N) is 2. The first-order valence-corrected chi connectivity index (χ1v) is 11.3. The number of pyridine rings is 1. The summed E-state index contributed by atoms with van der Waals surface area (Å²) in [7, 11) is 0. The molecule has 3 heterocycles. The average Bonchev–Trinajstić information content (AvgIpc) is 3.22. The van der Waals surface area contributed by atoms with Crippen LogP contribution in [0.15, 0.2) is 18.3 Å². The second-order valence-corrected chi connectivity index (χ2v) is 9.98. The molecule has 2 aromatic heterocycles. The van der Waals surface area contributed by atoms with Gasteiger partial charge in [-0.15, -0.1) is 0 Å². The topological polar surface area (TPSA) is 119 Å². The Morgan fingerprint density at radius 2 is 2.00 bits per heavy atom. The molecule has 4 N–H and O–H groups in total. The predicted octanol–water partition coefficient (Wildman–Crippen LogP) is 3.00. The van der Waals surface area contributed by atoms with Crippen LogP contribution in [0.25, 0.3) is 11.3 Å². The molecule has 1 aliphatic carbocycles. The second-order valence-electron chi connectivity index (χ2n) is 9.98. The van der Waals surface area contributed by atoms with E-state index in [1.54, 1.807) is 6.07 Å². The van der Waals surface area contributed by atoms with E-state index in [2.05, 4.69) is 29.5 Å². The van der Waals surface area contributed by atoms with Gasteiger partial charge in [0.25, 0.3) is 5.91 Å². The summed E-state index contributed by atoms with van der Waals surface area (Å²) in [6.45, 7) is 6.26.